The summed E-state index contributed by atoms with van der Waals surface area (Å²) < 4.78 is 11.1. The number of ether oxygens (including phenoxy) is 2. The number of nitrogens with zero attached hydrogens (tertiary/aromatic N) is 2. The number of rotatable bonds is 3. The van der Waals surface area contributed by atoms with Crippen molar-refractivity contribution in [1.82, 2.24) is 15.6 Å². The van der Waals surface area contributed by atoms with E-state index in [1.165, 1.54) is 0 Å². The maximum Gasteiger partial charge on any atom is 0.292 e. The van der Waals surface area contributed by atoms with Crippen LogP contribution in [0.2, 0.25) is 0 Å². The Morgan fingerprint density at radius 2 is 1.85 bits per heavy atom. The normalized spacial score (nSPS) is 13.4. The van der Waals surface area contributed by atoms with E-state index in [1.807, 2.05) is 18.2 Å². The van der Waals surface area contributed by atoms with Crippen molar-refractivity contribution in [3.05, 3.63) is 64.1 Å². The van der Waals surface area contributed by atoms with Crippen LogP contribution in [0.1, 0.15) is 23.0 Å². The molecule has 1 aromatic heterocycles. The summed E-state index contributed by atoms with van der Waals surface area (Å²) in [4.78, 5) is 24.3. The van der Waals surface area contributed by atoms with E-state index in [-0.39, 0.29) is 11.3 Å². The molecule has 8 nitrogen and oxygen atoms in total. The molecule has 0 spiro atoms. The molecule has 0 unspecified atom stereocenters. The molecule has 2 N–H and O–H groups in total. The molecule has 0 radical (unpaired) electrons. The van der Waals surface area contributed by atoms with Gasteiger partial charge in [0.05, 0.1) is 11.1 Å². The first-order valence-electron chi connectivity index (χ1n) is 8.35. The lowest BCUT2D eigenvalue weighted by atomic mass is 10.1. The van der Waals surface area contributed by atoms with Gasteiger partial charge in [0.25, 0.3) is 11.5 Å². The Morgan fingerprint density at radius 3 is 2.67 bits per heavy atom. The molecule has 1 aliphatic heterocycles. The quantitative estimate of drug-likeness (QED) is 0.545. The molecule has 1 amide bonds. The number of hydrogen-bond acceptors (Lipinski definition) is 6. The highest BCUT2D eigenvalue weighted by atomic mass is 16.6. The maximum absolute atomic E-state index is 12.5. The van der Waals surface area contributed by atoms with Gasteiger partial charge in [0, 0.05) is 10.9 Å². The molecule has 0 fully saturated rings. The first-order chi connectivity index (χ1) is 13.1. The highest BCUT2D eigenvalue weighted by Crippen LogP contribution is 2.30. The largest absolute Gasteiger partial charge is 0.486 e. The summed E-state index contributed by atoms with van der Waals surface area (Å²) in [5.74, 6) is 0.818. The molecule has 3 aromatic rings. The van der Waals surface area contributed by atoms with Crippen LogP contribution in [0.15, 0.2) is 52.4 Å². The first-order valence-corrected chi connectivity index (χ1v) is 8.35. The number of H-pyrrole nitrogens is 1. The maximum atomic E-state index is 12.5. The van der Waals surface area contributed by atoms with Gasteiger partial charge in [0.2, 0.25) is 0 Å². The molecule has 136 valence electrons. The number of fused-ring (bicyclic) bond motifs is 2. The zero-order chi connectivity index (χ0) is 18.8. The van der Waals surface area contributed by atoms with E-state index in [2.05, 4.69) is 20.7 Å². The van der Waals surface area contributed by atoms with Crippen molar-refractivity contribution < 1.29 is 14.3 Å². The molecule has 2 heterocycles. The van der Waals surface area contributed by atoms with Gasteiger partial charge in [-0.3, -0.25) is 9.59 Å². The number of nitrogens with one attached hydrogen (secondary N) is 2. The topological polar surface area (TPSA) is 106 Å². The lowest BCUT2D eigenvalue weighted by Crippen LogP contribution is -2.23. The highest BCUT2D eigenvalue weighted by Gasteiger charge is 2.15. The van der Waals surface area contributed by atoms with Crippen LogP contribution in [-0.2, 0) is 0 Å². The van der Waals surface area contributed by atoms with E-state index in [0.717, 1.165) is 5.56 Å². The second-order valence-electron chi connectivity index (χ2n) is 5.94. The Balaban J connectivity index is 1.59. The summed E-state index contributed by atoms with van der Waals surface area (Å²) in [6.45, 7) is 2.79. The van der Waals surface area contributed by atoms with Crippen LogP contribution in [0, 0.1) is 0 Å². The zero-order valence-electron chi connectivity index (χ0n) is 14.5. The number of aromatic nitrogens is 2. The molecule has 0 saturated carbocycles. The molecule has 27 heavy (non-hydrogen) atoms. The Hall–Kier alpha value is -3.68. The Bertz CT molecular complexity index is 1120. The molecular formula is C19H16N4O4. The fourth-order valence-corrected chi connectivity index (χ4v) is 2.81. The second kappa shape index (κ2) is 6.91. The summed E-state index contributed by atoms with van der Waals surface area (Å²) >= 11 is 0. The Kier molecular flexibility index (Phi) is 4.29. The monoisotopic (exact) mass is 364 g/mol. The van der Waals surface area contributed by atoms with Crippen LogP contribution in [0.4, 0.5) is 0 Å². The number of carbonyl (C=O) groups excluding carboxylic acids is 1. The van der Waals surface area contributed by atoms with E-state index in [9.17, 15) is 9.59 Å². The number of hydrazone groups is 1. The van der Waals surface area contributed by atoms with E-state index in [0.29, 0.717) is 41.2 Å². The predicted molar refractivity (Wildman–Crippen MR) is 99.5 cm³/mol. The van der Waals surface area contributed by atoms with Crippen molar-refractivity contribution in [1.29, 1.82) is 0 Å². The van der Waals surface area contributed by atoms with Crippen molar-refractivity contribution in [3.63, 3.8) is 0 Å². The third-order valence-electron chi connectivity index (χ3n) is 4.20. The summed E-state index contributed by atoms with van der Waals surface area (Å²) in [5.41, 5.74) is 3.62. The average Bonchev–Trinajstić information content (AvgIpc) is 2.72. The van der Waals surface area contributed by atoms with Crippen LogP contribution < -0.4 is 20.5 Å². The fourth-order valence-electron chi connectivity index (χ4n) is 2.81. The Morgan fingerprint density at radius 1 is 1.11 bits per heavy atom. The smallest absolute Gasteiger partial charge is 0.292 e. The number of amides is 1. The van der Waals surface area contributed by atoms with Crippen LogP contribution in [0.5, 0.6) is 11.5 Å². The third-order valence-corrected chi connectivity index (χ3v) is 4.20. The SMILES string of the molecule is C/C(=N\NC(=O)c1n[nH]c(=O)c2ccccc12)c1ccc2c(c1)OCCO2. The molecule has 0 atom stereocenters. The van der Waals surface area contributed by atoms with Gasteiger partial charge in [-0.15, -0.1) is 0 Å². The van der Waals surface area contributed by atoms with Crippen LogP contribution in [0.3, 0.4) is 0 Å². The van der Waals surface area contributed by atoms with E-state index in [4.69, 9.17) is 9.47 Å². The minimum absolute atomic E-state index is 0.101. The second-order valence-corrected chi connectivity index (χ2v) is 5.94. The lowest BCUT2D eigenvalue weighted by Gasteiger charge is -2.18. The highest BCUT2D eigenvalue weighted by molar-refractivity contribution is 6.06. The van der Waals surface area contributed by atoms with Gasteiger partial charge in [0.1, 0.15) is 13.2 Å². The molecule has 0 bridgehead atoms. The molecule has 8 heteroatoms. The van der Waals surface area contributed by atoms with Crippen molar-refractivity contribution in [2.45, 2.75) is 6.92 Å². The molecule has 4 rings (SSSR count). The number of aromatic amines is 1. The minimum atomic E-state index is -0.514. The number of carbonyl (C=O) groups is 1. The first kappa shape index (κ1) is 16.8. The van der Waals surface area contributed by atoms with Crippen molar-refractivity contribution in [2.24, 2.45) is 5.10 Å². The third kappa shape index (κ3) is 3.24. The standard InChI is InChI=1S/C19H16N4O4/c1-11(12-6-7-15-16(10-12)27-9-8-26-15)20-23-19(25)17-13-4-2-3-5-14(13)18(24)22-21-17/h2-7,10H,8-9H2,1H3,(H,22,24)(H,23,25)/b20-11+. The van der Waals surface area contributed by atoms with Gasteiger partial charge in [0.15, 0.2) is 17.2 Å². The molecular weight excluding hydrogens is 348 g/mol. The molecule has 1 aliphatic rings. The van der Waals surface area contributed by atoms with Gasteiger partial charge >= 0.3 is 0 Å². The fraction of sp³-hybridized carbons (Fsp3) is 0.158. The van der Waals surface area contributed by atoms with Crippen molar-refractivity contribution in [2.75, 3.05) is 13.2 Å². The summed E-state index contributed by atoms with van der Waals surface area (Å²) in [7, 11) is 0. The van der Waals surface area contributed by atoms with E-state index in [1.54, 1.807) is 31.2 Å². The van der Waals surface area contributed by atoms with Crippen molar-refractivity contribution in [3.8, 4) is 11.5 Å². The van der Waals surface area contributed by atoms with Crippen LogP contribution in [-0.4, -0.2) is 35.0 Å². The molecule has 0 aliphatic carbocycles. The van der Waals surface area contributed by atoms with E-state index >= 15 is 0 Å². The van der Waals surface area contributed by atoms with E-state index < -0.39 is 5.91 Å². The average molecular weight is 364 g/mol. The molecule has 0 saturated heterocycles. The van der Waals surface area contributed by atoms with Gasteiger partial charge in [-0.25, -0.2) is 10.5 Å². The predicted octanol–water partition coefficient (Wildman–Crippen LogP) is 1.85. The zero-order valence-corrected chi connectivity index (χ0v) is 14.5. The van der Waals surface area contributed by atoms with Crippen molar-refractivity contribution >= 4 is 22.4 Å². The lowest BCUT2D eigenvalue weighted by molar-refractivity contribution is 0.0950. The van der Waals surface area contributed by atoms with Crippen LogP contribution >= 0.6 is 0 Å². The Labute approximate surface area is 153 Å². The van der Waals surface area contributed by atoms with Gasteiger partial charge in [-0.2, -0.15) is 10.2 Å². The van der Waals surface area contributed by atoms with Gasteiger partial charge < -0.3 is 9.47 Å². The summed E-state index contributed by atoms with van der Waals surface area (Å²) in [6.07, 6.45) is 0. The number of benzene rings is 2. The summed E-state index contributed by atoms with van der Waals surface area (Å²) in [6, 6.07) is 12.2. The van der Waals surface area contributed by atoms with Gasteiger partial charge in [-0.05, 0) is 31.2 Å². The number of hydrogen-bond donors (Lipinski definition) is 2. The minimum Gasteiger partial charge on any atom is -0.486 e. The van der Waals surface area contributed by atoms with Gasteiger partial charge in [-0.1, -0.05) is 18.2 Å². The molecule has 2 aromatic carbocycles. The summed E-state index contributed by atoms with van der Waals surface area (Å²) in [5, 5.41) is 11.2. The van der Waals surface area contributed by atoms with Crippen LogP contribution in [0.25, 0.3) is 10.8 Å².